The first-order chi connectivity index (χ1) is 8.38. The van der Waals surface area contributed by atoms with E-state index in [9.17, 15) is 8.42 Å². The van der Waals surface area contributed by atoms with Gasteiger partial charge < -0.3 is 4.74 Å². The van der Waals surface area contributed by atoms with Gasteiger partial charge in [0.2, 0.25) is 0 Å². The van der Waals surface area contributed by atoms with E-state index in [0.717, 1.165) is 0 Å². The summed E-state index contributed by atoms with van der Waals surface area (Å²) < 4.78 is 28.7. The zero-order chi connectivity index (χ0) is 13.8. The SMILES string of the molecule is COc1ccc(CS(=O)(=O)CC(C)C)cc1C#N. The van der Waals surface area contributed by atoms with Crippen LogP contribution in [0.2, 0.25) is 0 Å². The van der Waals surface area contributed by atoms with Gasteiger partial charge in [0.05, 0.1) is 24.2 Å². The molecule has 0 atom stereocenters. The second kappa shape index (κ2) is 5.87. The van der Waals surface area contributed by atoms with Crippen molar-refractivity contribution in [1.29, 1.82) is 5.26 Å². The fraction of sp³-hybridized carbons (Fsp3) is 0.462. The zero-order valence-electron chi connectivity index (χ0n) is 10.8. The zero-order valence-corrected chi connectivity index (χ0v) is 11.6. The largest absolute Gasteiger partial charge is 0.495 e. The predicted octanol–water partition coefficient (Wildman–Crippen LogP) is 2.14. The Labute approximate surface area is 108 Å². The Morgan fingerprint density at radius 2 is 2.06 bits per heavy atom. The summed E-state index contributed by atoms with van der Waals surface area (Å²) in [6, 6.07) is 6.86. The number of sulfone groups is 1. The van der Waals surface area contributed by atoms with Crippen LogP contribution in [0.25, 0.3) is 0 Å². The highest BCUT2D eigenvalue weighted by Crippen LogP contribution is 2.20. The predicted molar refractivity (Wildman–Crippen MR) is 70.0 cm³/mol. The lowest BCUT2D eigenvalue weighted by molar-refractivity contribution is 0.413. The van der Waals surface area contributed by atoms with E-state index in [0.29, 0.717) is 16.9 Å². The maximum absolute atomic E-state index is 11.9. The van der Waals surface area contributed by atoms with Crippen molar-refractivity contribution in [2.24, 2.45) is 5.92 Å². The van der Waals surface area contributed by atoms with Crippen molar-refractivity contribution in [3.63, 3.8) is 0 Å². The van der Waals surface area contributed by atoms with E-state index in [1.165, 1.54) is 7.11 Å². The van der Waals surface area contributed by atoms with Crippen molar-refractivity contribution < 1.29 is 13.2 Å². The Balaban J connectivity index is 2.97. The molecule has 0 saturated carbocycles. The van der Waals surface area contributed by atoms with E-state index in [-0.39, 0.29) is 17.4 Å². The van der Waals surface area contributed by atoms with Crippen LogP contribution in [0.1, 0.15) is 25.0 Å². The Morgan fingerprint density at radius 1 is 1.39 bits per heavy atom. The van der Waals surface area contributed by atoms with Gasteiger partial charge in [0.25, 0.3) is 0 Å². The second-order valence-corrected chi connectivity index (χ2v) is 6.70. The maximum atomic E-state index is 11.9. The Kier molecular flexibility index (Phi) is 4.74. The number of nitrogens with zero attached hydrogens (tertiary/aromatic N) is 1. The Morgan fingerprint density at radius 3 is 2.56 bits per heavy atom. The van der Waals surface area contributed by atoms with Gasteiger partial charge in [-0.15, -0.1) is 0 Å². The van der Waals surface area contributed by atoms with Gasteiger partial charge in [-0.1, -0.05) is 19.9 Å². The van der Waals surface area contributed by atoms with Crippen LogP contribution in [0.4, 0.5) is 0 Å². The van der Waals surface area contributed by atoms with E-state index < -0.39 is 9.84 Å². The van der Waals surface area contributed by atoms with E-state index in [2.05, 4.69) is 0 Å². The van der Waals surface area contributed by atoms with Gasteiger partial charge in [0, 0.05) is 0 Å². The molecule has 0 N–H and O–H groups in total. The molecule has 0 aromatic heterocycles. The van der Waals surface area contributed by atoms with Crippen molar-refractivity contribution in [1.82, 2.24) is 0 Å². The average molecular weight is 267 g/mol. The monoisotopic (exact) mass is 267 g/mol. The minimum absolute atomic E-state index is 0.0378. The Bertz CT molecular complexity index is 556. The third-order valence-electron chi connectivity index (χ3n) is 2.36. The molecule has 0 aliphatic heterocycles. The van der Waals surface area contributed by atoms with Crippen LogP contribution in [-0.4, -0.2) is 21.3 Å². The van der Waals surface area contributed by atoms with Crippen LogP contribution in [0.15, 0.2) is 18.2 Å². The fourth-order valence-corrected chi connectivity index (χ4v) is 3.57. The number of hydrogen-bond acceptors (Lipinski definition) is 4. The summed E-state index contributed by atoms with van der Waals surface area (Å²) in [6.45, 7) is 3.73. The first kappa shape index (κ1) is 14.5. The van der Waals surface area contributed by atoms with E-state index >= 15 is 0 Å². The van der Waals surface area contributed by atoms with Crippen molar-refractivity contribution in [3.05, 3.63) is 29.3 Å². The smallest absolute Gasteiger partial charge is 0.154 e. The molecule has 0 aliphatic carbocycles. The van der Waals surface area contributed by atoms with Crippen LogP contribution >= 0.6 is 0 Å². The van der Waals surface area contributed by atoms with Gasteiger partial charge in [-0.2, -0.15) is 5.26 Å². The van der Waals surface area contributed by atoms with Crippen LogP contribution in [0.3, 0.4) is 0 Å². The first-order valence-electron chi connectivity index (χ1n) is 5.65. The summed E-state index contributed by atoms with van der Waals surface area (Å²) in [5.41, 5.74) is 0.975. The van der Waals surface area contributed by atoms with E-state index in [1.807, 2.05) is 19.9 Å². The molecule has 1 aromatic rings. The number of nitriles is 1. The number of benzene rings is 1. The number of methoxy groups -OCH3 is 1. The molecule has 0 heterocycles. The number of rotatable bonds is 5. The topological polar surface area (TPSA) is 67.2 Å². The standard InChI is InChI=1S/C13H17NO3S/c1-10(2)8-18(15,16)9-11-4-5-13(17-3)12(6-11)7-14/h4-6,10H,8-9H2,1-3H3. The van der Waals surface area contributed by atoms with Gasteiger partial charge in [0.1, 0.15) is 11.8 Å². The van der Waals surface area contributed by atoms with Crippen LogP contribution in [0.5, 0.6) is 5.75 Å². The molecule has 18 heavy (non-hydrogen) atoms. The molecule has 0 aliphatic rings. The van der Waals surface area contributed by atoms with Crippen molar-refractivity contribution in [2.75, 3.05) is 12.9 Å². The molecule has 0 amide bonds. The lowest BCUT2D eigenvalue weighted by Crippen LogP contribution is -2.13. The summed E-state index contributed by atoms with van der Waals surface area (Å²) in [7, 11) is -1.65. The minimum atomic E-state index is -3.13. The van der Waals surface area contributed by atoms with Gasteiger partial charge in [-0.3, -0.25) is 0 Å². The van der Waals surface area contributed by atoms with Crippen molar-refractivity contribution in [2.45, 2.75) is 19.6 Å². The summed E-state index contributed by atoms with van der Waals surface area (Å²) >= 11 is 0. The van der Waals surface area contributed by atoms with Crippen molar-refractivity contribution in [3.8, 4) is 11.8 Å². The lowest BCUT2D eigenvalue weighted by atomic mass is 10.1. The highest BCUT2D eigenvalue weighted by atomic mass is 32.2. The van der Waals surface area contributed by atoms with E-state index in [1.54, 1.807) is 18.2 Å². The van der Waals surface area contributed by atoms with Crippen molar-refractivity contribution >= 4 is 9.84 Å². The van der Waals surface area contributed by atoms with Gasteiger partial charge >= 0.3 is 0 Å². The number of ether oxygens (including phenoxy) is 1. The molecule has 0 bridgehead atoms. The molecule has 0 unspecified atom stereocenters. The molecular formula is C13H17NO3S. The normalized spacial score (nSPS) is 11.3. The molecule has 0 saturated heterocycles. The highest BCUT2D eigenvalue weighted by molar-refractivity contribution is 7.90. The molecule has 4 nitrogen and oxygen atoms in total. The van der Waals surface area contributed by atoms with Crippen LogP contribution in [-0.2, 0) is 15.6 Å². The Hall–Kier alpha value is -1.54. The van der Waals surface area contributed by atoms with Gasteiger partial charge in [0.15, 0.2) is 9.84 Å². The fourth-order valence-electron chi connectivity index (χ4n) is 1.75. The summed E-state index contributed by atoms with van der Waals surface area (Å²) in [6.07, 6.45) is 0. The minimum Gasteiger partial charge on any atom is -0.495 e. The lowest BCUT2D eigenvalue weighted by Gasteiger charge is -2.08. The summed E-state index contributed by atoms with van der Waals surface area (Å²) in [4.78, 5) is 0. The molecule has 1 aromatic carbocycles. The number of hydrogen-bond donors (Lipinski definition) is 0. The summed E-state index contributed by atoms with van der Waals surface area (Å²) in [5, 5.41) is 8.94. The molecule has 98 valence electrons. The molecule has 5 heteroatoms. The third-order valence-corrected chi connectivity index (χ3v) is 4.31. The maximum Gasteiger partial charge on any atom is 0.154 e. The molecule has 0 fully saturated rings. The van der Waals surface area contributed by atoms with E-state index in [4.69, 9.17) is 10.00 Å². The average Bonchev–Trinajstić information content (AvgIpc) is 2.26. The molecular weight excluding hydrogens is 250 g/mol. The van der Waals surface area contributed by atoms with Gasteiger partial charge in [-0.25, -0.2) is 8.42 Å². The molecule has 1 rings (SSSR count). The van der Waals surface area contributed by atoms with Gasteiger partial charge in [-0.05, 0) is 23.6 Å². The molecule has 0 spiro atoms. The first-order valence-corrected chi connectivity index (χ1v) is 7.47. The molecule has 0 radical (unpaired) electrons. The second-order valence-electron chi connectivity index (χ2n) is 4.59. The third kappa shape index (κ3) is 4.04. The highest BCUT2D eigenvalue weighted by Gasteiger charge is 2.15. The summed E-state index contributed by atoms with van der Waals surface area (Å²) in [5.74, 6) is 0.677. The quantitative estimate of drug-likeness (QED) is 0.819. The van der Waals surface area contributed by atoms with Crippen LogP contribution in [0, 0.1) is 17.2 Å². The van der Waals surface area contributed by atoms with Crippen LogP contribution < -0.4 is 4.74 Å².